The van der Waals surface area contributed by atoms with Crippen LogP contribution in [0.5, 0.6) is 0 Å². The van der Waals surface area contributed by atoms with E-state index in [0.717, 1.165) is 16.1 Å². The van der Waals surface area contributed by atoms with E-state index in [4.69, 9.17) is 0 Å². The third-order valence-corrected chi connectivity index (χ3v) is 5.75. The lowest BCUT2D eigenvalue weighted by molar-refractivity contribution is -0.142. The first-order valence-electron chi connectivity index (χ1n) is 8.64. The Morgan fingerprint density at radius 1 is 1.15 bits per heavy atom. The Bertz CT molecular complexity index is 849. The maximum atomic E-state index is 13.0. The van der Waals surface area contributed by atoms with Gasteiger partial charge in [0.25, 0.3) is 0 Å². The van der Waals surface area contributed by atoms with E-state index >= 15 is 0 Å². The predicted molar refractivity (Wildman–Crippen MR) is 98.9 cm³/mol. The van der Waals surface area contributed by atoms with Crippen molar-refractivity contribution >= 4 is 34.7 Å². The first-order chi connectivity index (χ1) is 12.6. The van der Waals surface area contributed by atoms with Crippen LogP contribution in [0.2, 0.25) is 0 Å². The van der Waals surface area contributed by atoms with Crippen LogP contribution < -0.4 is 10.2 Å². The number of piperazine rings is 1. The molecule has 4 rings (SSSR count). The van der Waals surface area contributed by atoms with Crippen molar-refractivity contribution < 1.29 is 14.4 Å². The summed E-state index contributed by atoms with van der Waals surface area (Å²) >= 11 is 1.45. The zero-order chi connectivity index (χ0) is 18.1. The Balaban J connectivity index is 1.59. The van der Waals surface area contributed by atoms with Gasteiger partial charge in [-0.3, -0.25) is 14.4 Å². The minimum absolute atomic E-state index is 0.0367. The fourth-order valence-electron chi connectivity index (χ4n) is 3.56. The highest BCUT2D eigenvalue weighted by molar-refractivity contribution is 7.10. The van der Waals surface area contributed by atoms with Crippen LogP contribution in [-0.2, 0) is 20.8 Å². The maximum absolute atomic E-state index is 13.0. The van der Waals surface area contributed by atoms with Gasteiger partial charge in [-0.05, 0) is 29.5 Å². The zero-order valence-corrected chi connectivity index (χ0v) is 15.0. The molecule has 3 amide bonds. The second kappa shape index (κ2) is 6.92. The van der Waals surface area contributed by atoms with Crippen LogP contribution in [-0.4, -0.2) is 42.3 Å². The number of aryl methyl sites for hydroxylation is 1. The number of thiophene rings is 1. The summed E-state index contributed by atoms with van der Waals surface area (Å²) in [6.07, 6.45) is 1.10. The summed E-state index contributed by atoms with van der Waals surface area (Å²) < 4.78 is 0. The molecular weight excluding hydrogens is 350 g/mol. The summed E-state index contributed by atoms with van der Waals surface area (Å²) in [5.41, 5.74) is 1.87. The average Bonchev–Trinajstić information content (AvgIpc) is 3.18. The smallest absolute Gasteiger partial charge is 0.248 e. The van der Waals surface area contributed by atoms with Crippen LogP contribution in [0.25, 0.3) is 0 Å². The molecule has 0 aliphatic carbocycles. The van der Waals surface area contributed by atoms with Crippen molar-refractivity contribution in [2.45, 2.75) is 18.9 Å². The summed E-state index contributed by atoms with van der Waals surface area (Å²) in [5.74, 6) is -0.424. The largest absolute Gasteiger partial charge is 0.352 e. The first-order valence-corrected chi connectivity index (χ1v) is 9.52. The Morgan fingerprint density at radius 2 is 2.00 bits per heavy atom. The van der Waals surface area contributed by atoms with Crippen molar-refractivity contribution in [1.29, 1.82) is 0 Å². The maximum Gasteiger partial charge on any atom is 0.248 e. The van der Waals surface area contributed by atoms with Gasteiger partial charge in [-0.2, -0.15) is 0 Å². The molecule has 1 unspecified atom stereocenters. The quantitative estimate of drug-likeness (QED) is 0.896. The summed E-state index contributed by atoms with van der Waals surface area (Å²) in [6.45, 7) is 0.832. The number of rotatable bonds is 3. The van der Waals surface area contributed by atoms with E-state index in [1.54, 1.807) is 9.80 Å². The molecule has 6 nitrogen and oxygen atoms in total. The molecule has 1 fully saturated rings. The Hall–Kier alpha value is -2.67. The lowest BCUT2D eigenvalue weighted by atomic mass is 10.0. The van der Waals surface area contributed by atoms with Gasteiger partial charge in [0.15, 0.2) is 0 Å². The molecule has 1 aromatic heterocycles. The molecule has 7 heteroatoms. The lowest BCUT2D eigenvalue weighted by Crippen LogP contribution is -2.54. The van der Waals surface area contributed by atoms with E-state index in [1.807, 2.05) is 41.8 Å². The van der Waals surface area contributed by atoms with E-state index in [0.29, 0.717) is 25.9 Å². The fourth-order valence-corrected chi connectivity index (χ4v) is 4.40. The lowest BCUT2D eigenvalue weighted by Gasteiger charge is -2.37. The standard InChI is InChI=1S/C19H19N3O3S/c23-16-8-7-13-4-1-2-5-14(13)22(16)12-17(24)21-10-9-20-19(25)18(21)15-6-3-11-26-15/h1-6,11,18H,7-10,12H2,(H,20,25). The van der Waals surface area contributed by atoms with Gasteiger partial charge in [0.2, 0.25) is 17.7 Å². The first kappa shape index (κ1) is 16.8. The van der Waals surface area contributed by atoms with E-state index in [9.17, 15) is 14.4 Å². The Morgan fingerprint density at radius 3 is 2.81 bits per heavy atom. The zero-order valence-electron chi connectivity index (χ0n) is 14.2. The summed E-state index contributed by atoms with van der Waals surface area (Å²) in [6, 6.07) is 10.8. The number of hydrogen-bond acceptors (Lipinski definition) is 4. The molecular formula is C19H19N3O3S. The van der Waals surface area contributed by atoms with Crippen LogP contribution in [0.4, 0.5) is 5.69 Å². The molecule has 2 aliphatic heterocycles. The average molecular weight is 369 g/mol. The van der Waals surface area contributed by atoms with Crippen molar-refractivity contribution in [1.82, 2.24) is 10.2 Å². The van der Waals surface area contributed by atoms with Crippen molar-refractivity contribution in [3.05, 3.63) is 52.2 Å². The van der Waals surface area contributed by atoms with Gasteiger partial charge in [-0.25, -0.2) is 0 Å². The molecule has 3 heterocycles. The van der Waals surface area contributed by atoms with Gasteiger partial charge < -0.3 is 15.1 Å². The highest BCUT2D eigenvalue weighted by Crippen LogP contribution is 2.30. The monoisotopic (exact) mass is 369 g/mol. The fraction of sp³-hybridized carbons (Fsp3) is 0.316. The van der Waals surface area contributed by atoms with Crippen molar-refractivity contribution in [3.63, 3.8) is 0 Å². The van der Waals surface area contributed by atoms with Gasteiger partial charge in [0.1, 0.15) is 12.6 Å². The molecule has 26 heavy (non-hydrogen) atoms. The molecule has 1 aromatic carbocycles. The number of nitrogens with one attached hydrogen (secondary N) is 1. The second-order valence-electron chi connectivity index (χ2n) is 6.40. The number of amides is 3. The number of benzene rings is 1. The Kier molecular flexibility index (Phi) is 4.46. The van der Waals surface area contributed by atoms with Gasteiger partial charge in [-0.1, -0.05) is 24.3 Å². The van der Waals surface area contributed by atoms with Gasteiger partial charge >= 0.3 is 0 Å². The van der Waals surface area contributed by atoms with Crippen molar-refractivity contribution in [2.75, 3.05) is 24.5 Å². The molecule has 2 aliphatic rings. The van der Waals surface area contributed by atoms with E-state index in [1.165, 1.54) is 11.3 Å². The molecule has 0 bridgehead atoms. The van der Waals surface area contributed by atoms with E-state index < -0.39 is 6.04 Å². The molecule has 134 valence electrons. The number of carbonyl (C=O) groups excluding carboxylic acids is 3. The molecule has 0 saturated carbocycles. The van der Waals surface area contributed by atoms with Crippen molar-refractivity contribution in [2.24, 2.45) is 0 Å². The molecule has 1 atom stereocenters. The van der Waals surface area contributed by atoms with Crippen LogP contribution in [0.3, 0.4) is 0 Å². The Labute approximate surface area is 155 Å². The van der Waals surface area contributed by atoms with Crippen LogP contribution in [0.1, 0.15) is 22.9 Å². The molecule has 2 aromatic rings. The van der Waals surface area contributed by atoms with Crippen LogP contribution >= 0.6 is 11.3 Å². The van der Waals surface area contributed by atoms with Gasteiger partial charge in [0.05, 0.1) is 0 Å². The van der Waals surface area contributed by atoms with Gasteiger partial charge in [-0.15, -0.1) is 11.3 Å². The third-order valence-electron chi connectivity index (χ3n) is 4.83. The molecule has 0 spiro atoms. The minimum Gasteiger partial charge on any atom is -0.352 e. The molecule has 1 N–H and O–H groups in total. The number of hydrogen-bond donors (Lipinski definition) is 1. The van der Waals surface area contributed by atoms with Gasteiger partial charge in [0, 0.05) is 30.1 Å². The highest BCUT2D eigenvalue weighted by Gasteiger charge is 2.36. The highest BCUT2D eigenvalue weighted by atomic mass is 32.1. The number of anilines is 1. The topological polar surface area (TPSA) is 69.7 Å². The molecule has 1 saturated heterocycles. The summed E-state index contributed by atoms with van der Waals surface area (Å²) in [4.78, 5) is 41.8. The number of nitrogens with zero attached hydrogens (tertiary/aromatic N) is 2. The molecule has 0 radical (unpaired) electrons. The SMILES string of the molecule is O=C1NCCN(C(=O)CN2C(=O)CCc3ccccc32)C1c1cccs1. The number of fused-ring (bicyclic) bond motifs is 1. The third kappa shape index (κ3) is 2.99. The van der Waals surface area contributed by atoms with E-state index in [-0.39, 0.29) is 24.3 Å². The summed E-state index contributed by atoms with van der Waals surface area (Å²) in [5, 5.41) is 4.72. The van der Waals surface area contributed by atoms with Crippen LogP contribution in [0, 0.1) is 0 Å². The normalized spacial score (nSPS) is 19.9. The van der Waals surface area contributed by atoms with E-state index in [2.05, 4.69) is 5.32 Å². The number of para-hydroxylation sites is 1. The predicted octanol–water partition coefficient (Wildman–Crippen LogP) is 1.73. The minimum atomic E-state index is -0.619. The van der Waals surface area contributed by atoms with Crippen molar-refractivity contribution in [3.8, 4) is 0 Å². The second-order valence-corrected chi connectivity index (χ2v) is 7.38. The van der Waals surface area contributed by atoms with Crippen LogP contribution in [0.15, 0.2) is 41.8 Å². The summed E-state index contributed by atoms with van der Waals surface area (Å²) in [7, 11) is 0. The number of carbonyl (C=O) groups is 3.